The fraction of sp³-hybridized carbons (Fsp3) is 0.345. The van der Waals surface area contributed by atoms with Gasteiger partial charge in [-0.05, 0) is 49.7 Å². The highest BCUT2D eigenvalue weighted by Crippen LogP contribution is 2.21. The zero-order valence-corrected chi connectivity index (χ0v) is 21.3. The van der Waals surface area contributed by atoms with E-state index in [1.807, 2.05) is 55.1 Å². The number of carbonyl (C=O) groups excluding carboxylic acids is 1. The highest BCUT2D eigenvalue weighted by molar-refractivity contribution is 5.97. The number of piperidine rings is 1. The van der Waals surface area contributed by atoms with Crippen molar-refractivity contribution in [2.45, 2.75) is 25.9 Å². The van der Waals surface area contributed by atoms with Gasteiger partial charge in [0.15, 0.2) is 0 Å². The summed E-state index contributed by atoms with van der Waals surface area (Å²) in [6.07, 6.45) is 5.13. The van der Waals surface area contributed by atoms with Crippen LogP contribution in [0.1, 0.15) is 34.5 Å². The molecule has 0 aliphatic carbocycles. The first-order chi connectivity index (χ1) is 18.0. The molecule has 192 valence electrons. The molecule has 2 aromatic carbocycles. The number of amides is 1. The zero-order valence-electron chi connectivity index (χ0n) is 21.3. The van der Waals surface area contributed by atoms with Gasteiger partial charge in [0.05, 0.1) is 17.8 Å². The maximum Gasteiger partial charge on any atom is 0.259 e. The van der Waals surface area contributed by atoms with Crippen LogP contribution in [-0.4, -0.2) is 52.2 Å². The van der Waals surface area contributed by atoms with Crippen molar-refractivity contribution in [2.24, 2.45) is 13.0 Å². The molecule has 0 spiro atoms. The molecule has 1 saturated heterocycles. The second-order valence-electron chi connectivity index (χ2n) is 9.88. The monoisotopic (exact) mass is 500 g/mol. The Balaban J connectivity index is 1.17. The Morgan fingerprint density at radius 2 is 1.95 bits per heavy atom. The van der Waals surface area contributed by atoms with Crippen molar-refractivity contribution in [1.29, 1.82) is 0 Å². The van der Waals surface area contributed by atoms with E-state index in [4.69, 9.17) is 9.26 Å². The third-order valence-electron chi connectivity index (χ3n) is 6.92. The lowest BCUT2D eigenvalue weighted by atomic mass is 9.98. The minimum Gasteiger partial charge on any atom is -0.493 e. The first-order valence-corrected chi connectivity index (χ1v) is 12.6. The number of para-hydroxylation sites is 1. The van der Waals surface area contributed by atoms with Gasteiger partial charge in [0.2, 0.25) is 5.43 Å². The van der Waals surface area contributed by atoms with Crippen LogP contribution in [0.25, 0.3) is 10.9 Å². The number of aryl methyl sites for hydroxylation is 1. The van der Waals surface area contributed by atoms with Crippen LogP contribution in [0, 0.1) is 5.92 Å². The molecular formula is C29H32N4O4. The smallest absolute Gasteiger partial charge is 0.259 e. The predicted molar refractivity (Wildman–Crippen MR) is 141 cm³/mol. The van der Waals surface area contributed by atoms with Gasteiger partial charge in [-0.25, -0.2) is 0 Å². The van der Waals surface area contributed by atoms with E-state index in [0.29, 0.717) is 25.1 Å². The van der Waals surface area contributed by atoms with E-state index >= 15 is 0 Å². The summed E-state index contributed by atoms with van der Waals surface area (Å²) >= 11 is 0. The quantitative estimate of drug-likeness (QED) is 0.363. The number of hydrogen-bond donors (Lipinski definition) is 0. The first kappa shape index (κ1) is 24.8. The number of benzene rings is 2. The molecule has 1 amide bonds. The second kappa shape index (κ2) is 11.0. The Hall–Kier alpha value is -3.91. The van der Waals surface area contributed by atoms with Gasteiger partial charge in [0.25, 0.3) is 5.91 Å². The summed E-state index contributed by atoms with van der Waals surface area (Å²) in [5, 5.41) is 4.53. The van der Waals surface area contributed by atoms with Crippen molar-refractivity contribution in [3.8, 4) is 5.75 Å². The Bertz CT molecular complexity index is 1410. The topological polar surface area (TPSA) is 80.8 Å². The van der Waals surface area contributed by atoms with Crippen molar-refractivity contribution in [3.05, 3.63) is 94.1 Å². The maximum atomic E-state index is 13.3. The molecule has 8 nitrogen and oxygen atoms in total. The summed E-state index contributed by atoms with van der Waals surface area (Å²) in [4.78, 5) is 30.3. The Morgan fingerprint density at radius 3 is 2.73 bits per heavy atom. The molecule has 4 aromatic rings. The Morgan fingerprint density at radius 1 is 1.14 bits per heavy atom. The van der Waals surface area contributed by atoms with Crippen molar-refractivity contribution < 1.29 is 14.1 Å². The van der Waals surface area contributed by atoms with Crippen LogP contribution >= 0.6 is 0 Å². The van der Waals surface area contributed by atoms with Crippen molar-refractivity contribution in [2.75, 3.05) is 26.7 Å². The van der Waals surface area contributed by atoms with Gasteiger partial charge in [0.1, 0.15) is 17.6 Å². The van der Waals surface area contributed by atoms with Crippen LogP contribution < -0.4 is 10.2 Å². The molecule has 5 rings (SSSR count). The summed E-state index contributed by atoms with van der Waals surface area (Å²) in [6.45, 7) is 3.28. The molecule has 0 radical (unpaired) electrons. The lowest BCUT2D eigenvalue weighted by molar-refractivity contribution is 0.0631. The molecule has 1 fully saturated rings. The number of likely N-dealkylation sites (tertiary alicyclic amines) is 1. The third kappa shape index (κ3) is 5.75. The van der Waals surface area contributed by atoms with Crippen molar-refractivity contribution in [1.82, 2.24) is 19.5 Å². The number of ether oxygens (including phenoxy) is 1. The fourth-order valence-corrected chi connectivity index (χ4v) is 5.02. The van der Waals surface area contributed by atoms with Crippen LogP contribution in [0.5, 0.6) is 5.75 Å². The standard InChI is InChI=1S/C29H32N4O4/c1-31(18-23-13-15-37-30-23)16-21-9-11-24(12-10-21)36-20-22-6-5-14-33(17-22)29(35)26-19-32(2)27-8-4-3-7-25(27)28(26)34/h3-4,7-13,15,19,22H,5-6,14,16-18,20H2,1-2H3. The second-order valence-corrected chi connectivity index (χ2v) is 9.88. The van der Waals surface area contributed by atoms with Gasteiger partial charge in [-0.2, -0.15) is 0 Å². The van der Waals surface area contributed by atoms with E-state index in [1.165, 1.54) is 5.56 Å². The number of carbonyl (C=O) groups is 1. The average Bonchev–Trinajstić information content (AvgIpc) is 3.43. The molecule has 1 atom stereocenters. The van der Waals surface area contributed by atoms with E-state index in [1.54, 1.807) is 23.4 Å². The lowest BCUT2D eigenvalue weighted by Crippen LogP contribution is -2.43. The summed E-state index contributed by atoms with van der Waals surface area (Å²) in [7, 11) is 3.91. The summed E-state index contributed by atoms with van der Waals surface area (Å²) in [5.74, 6) is 0.833. The number of fused-ring (bicyclic) bond motifs is 1. The SMILES string of the molecule is CN(Cc1ccc(OCC2CCCN(C(=O)c3cn(C)c4ccccc4c3=O)C2)cc1)Cc1ccon1. The van der Waals surface area contributed by atoms with E-state index in [9.17, 15) is 9.59 Å². The zero-order chi connectivity index (χ0) is 25.8. The van der Waals surface area contributed by atoms with Crippen LogP contribution in [-0.2, 0) is 20.1 Å². The van der Waals surface area contributed by atoms with Crippen LogP contribution in [0.3, 0.4) is 0 Å². The predicted octanol–water partition coefficient (Wildman–Crippen LogP) is 4.09. The fourth-order valence-electron chi connectivity index (χ4n) is 5.02. The number of aromatic nitrogens is 2. The number of rotatable bonds is 8. The van der Waals surface area contributed by atoms with Gasteiger partial charge in [0, 0.05) is 56.8 Å². The van der Waals surface area contributed by atoms with Crippen molar-refractivity contribution >= 4 is 16.8 Å². The molecule has 2 aromatic heterocycles. The van der Waals surface area contributed by atoms with Gasteiger partial charge >= 0.3 is 0 Å². The van der Waals surface area contributed by atoms with E-state index in [0.717, 1.165) is 42.9 Å². The maximum absolute atomic E-state index is 13.3. The Kier molecular flexibility index (Phi) is 7.37. The number of nitrogens with zero attached hydrogens (tertiary/aromatic N) is 4. The molecule has 1 unspecified atom stereocenters. The molecule has 0 bridgehead atoms. The molecule has 0 saturated carbocycles. The van der Waals surface area contributed by atoms with E-state index in [2.05, 4.69) is 22.2 Å². The highest BCUT2D eigenvalue weighted by Gasteiger charge is 2.27. The van der Waals surface area contributed by atoms with Gasteiger partial charge < -0.3 is 18.7 Å². The van der Waals surface area contributed by atoms with Crippen molar-refractivity contribution in [3.63, 3.8) is 0 Å². The van der Waals surface area contributed by atoms with Crippen LogP contribution in [0.2, 0.25) is 0 Å². The summed E-state index contributed by atoms with van der Waals surface area (Å²) in [6, 6.07) is 17.4. The number of hydrogen-bond acceptors (Lipinski definition) is 6. The summed E-state index contributed by atoms with van der Waals surface area (Å²) < 4.78 is 12.8. The van der Waals surface area contributed by atoms with Crippen LogP contribution in [0.15, 0.2) is 76.4 Å². The highest BCUT2D eigenvalue weighted by atomic mass is 16.5. The molecule has 1 aliphatic rings. The van der Waals surface area contributed by atoms with E-state index in [-0.39, 0.29) is 22.8 Å². The average molecular weight is 501 g/mol. The van der Waals surface area contributed by atoms with Gasteiger partial charge in [-0.15, -0.1) is 0 Å². The first-order valence-electron chi connectivity index (χ1n) is 12.6. The minimum absolute atomic E-state index is 0.199. The third-order valence-corrected chi connectivity index (χ3v) is 6.92. The molecule has 37 heavy (non-hydrogen) atoms. The van der Waals surface area contributed by atoms with E-state index < -0.39 is 0 Å². The van der Waals surface area contributed by atoms with Gasteiger partial charge in [-0.3, -0.25) is 14.5 Å². The van der Waals surface area contributed by atoms with Crippen LogP contribution in [0.4, 0.5) is 0 Å². The molecule has 0 N–H and O–H groups in total. The molecule has 1 aliphatic heterocycles. The van der Waals surface area contributed by atoms with Gasteiger partial charge in [-0.1, -0.05) is 29.4 Å². The molecule has 3 heterocycles. The Labute approximate surface area is 216 Å². The number of pyridine rings is 1. The normalized spacial score (nSPS) is 15.9. The lowest BCUT2D eigenvalue weighted by Gasteiger charge is -2.32. The molecule has 8 heteroatoms. The molecular weight excluding hydrogens is 468 g/mol. The summed E-state index contributed by atoms with van der Waals surface area (Å²) in [5.41, 5.74) is 2.94. The minimum atomic E-state index is -0.205. The largest absolute Gasteiger partial charge is 0.493 e.